The zero-order valence-corrected chi connectivity index (χ0v) is 49.1. The van der Waals surface area contributed by atoms with Gasteiger partial charge in [-0.05, 0) is 160 Å². The van der Waals surface area contributed by atoms with Crippen molar-refractivity contribution in [1.29, 1.82) is 0 Å². The first-order valence-corrected chi connectivity index (χ1v) is 31.0. The van der Waals surface area contributed by atoms with Gasteiger partial charge in [0.05, 0.1) is 22.9 Å². The summed E-state index contributed by atoms with van der Waals surface area (Å²) in [5, 5.41) is 0. The van der Waals surface area contributed by atoms with Gasteiger partial charge in [0.2, 0.25) is 0 Å². The number of rotatable bonds is 24. The minimum Gasteiger partial charge on any atom is -0.172 e. The molecular formula is C72H78F6N2S. The van der Waals surface area contributed by atoms with Gasteiger partial charge in [-0.25, -0.2) is 0 Å². The van der Waals surface area contributed by atoms with Crippen LogP contribution in [0.2, 0.25) is 0 Å². The number of benzene rings is 7. The third kappa shape index (κ3) is 11.7. The topological polar surface area (TPSA) is 25.8 Å². The van der Waals surface area contributed by atoms with Gasteiger partial charge in [0.25, 0.3) is 0 Å². The fourth-order valence-corrected chi connectivity index (χ4v) is 14.6. The van der Waals surface area contributed by atoms with Crippen LogP contribution in [0.15, 0.2) is 121 Å². The molecule has 2 aliphatic rings. The van der Waals surface area contributed by atoms with E-state index >= 15 is 0 Å². The van der Waals surface area contributed by atoms with Gasteiger partial charge in [-0.3, -0.25) is 0 Å². The molecule has 0 bridgehead atoms. The van der Waals surface area contributed by atoms with Crippen LogP contribution in [0.25, 0.3) is 77.8 Å². The van der Waals surface area contributed by atoms with Crippen LogP contribution < -0.4 is 0 Å². The van der Waals surface area contributed by atoms with Crippen molar-refractivity contribution in [2.75, 3.05) is 0 Å². The third-order valence-electron chi connectivity index (χ3n) is 18.1. The molecule has 1 aromatic heterocycles. The fraction of sp³-hybridized carbons (Fsp3) is 0.417. The summed E-state index contributed by atoms with van der Waals surface area (Å²) < 4.78 is 95.8. The monoisotopic (exact) mass is 1120 g/mol. The largest absolute Gasteiger partial charge is 0.416 e. The molecule has 81 heavy (non-hydrogen) atoms. The van der Waals surface area contributed by atoms with E-state index in [1.54, 1.807) is 6.07 Å². The van der Waals surface area contributed by atoms with Gasteiger partial charge < -0.3 is 0 Å². The summed E-state index contributed by atoms with van der Waals surface area (Å²) >= 11 is 1.23. The highest BCUT2D eigenvalue weighted by molar-refractivity contribution is 7.00. The molecule has 424 valence electrons. The summed E-state index contributed by atoms with van der Waals surface area (Å²) in [7, 11) is 0. The first-order valence-electron chi connectivity index (χ1n) is 30.3. The minimum atomic E-state index is -4.95. The molecule has 0 fully saturated rings. The van der Waals surface area contributed by atoms with Crippen molar-refractivity contribution >= 4 is 22.8 Å². The summed E-state index contributed by atoms with van der Waals surface area (Å²) in [6.45, 7) is 13.3. The van der Waals surface area contributed by atoms with E-state index in [9.17, 15) is 26.3 Å². The quantitative estimate of drug-likeness (QED) is 0.0445. The zero-order chi connectivity index (χ0) is 57.1. The van der Waals surface area contributed by atoms with Crippen LogP contribution in [0.3, 0.4) is 0 Å². The van der Waals surface area contributed by atoms with Crippen molar-refractivity contribution in [2.24, 2.45) is 0 Å². The SMILES string of the molecule is CCCCCCC1(CCCCCC)c2cc(-c3cc(C)cc(C)c3)ccc2-c2ccc(-c3ccc(-c4ccc5c(c4)C(CCCCCC)(CCCCCC)c4cc(-c6cc(C(F)(F)F)cc(C(F)(F)F)c6)ccc4-5)c4nsnc34)cc21. The first-order chi connectivity index (χ1) is 39.0. The average Bonchev–Trinajstić information content (AvgIpc) is 2.47. The maximum Gasteiger partial charge on any atom is 0.416 e. The maximum atomic E-state index is 14.3. The Morgan fingerprint density at radius 1 is 0.333 bits per heavy atom. The summed E-state index contributed by atoms with van der Waals surface area (Å²) in [5.74, 6) is 0. The van der Waals surface area contributed by atoms with Crippen LogP contribution in [0.5, 0.6) is 0 Å². The fourth-order valence-electron chi connectivity index (χ4n) is 14.0. The van der Waals surface area contributed by atoms with E-state index in [1.807, 2.05) is 12.1 Å². The molecule has 0 saturated heterocycles. The Bertz CT molecular complexity index is 3450. The van der Waals surface area contributed by atoms with Crippen LogP contribution >= 0.6 is 11.7 Å². The standard InChI is InChI=1S/C72H78F6N2S/c1-7-11-15-19-33-69(34-20-16-12-8-2)63-42-49(53-38-47(5)37-48(6)39-53)23-27-59(63)61-29-25-51(44-65(61)69)57-31-32-58(68-67(57)79-81-80-68)52-26-30-62-60-28-24-50(54-40-55(71(73,74)75)46-56(41-54)72(76,77)78)43-64(60)70(66(62)45-52,35-21-17-13-9-3)36-22-18-14-10-4/h23-32,37-46H,7-22,33-36H2,1-6H3. The van der Waals surface area contributed by atoms with Crippen LogP contribution in [-0.2, 0) is 23.2 Å². The lowest BCUT2D eigenvalue weighted by atomic mass is 9.69. The van der Waals surface area contributed by atoms with Crippen LogP contribution in [0.4, 0.5) is 26.3 Å². The van der Waals surface area contributed by atoms with Gasteiger partial charge in [-0.15, -0.1) is 0 Å². The van der Waals surface area contributed by atoms with Crippen molar-refractivity contribution in [3.8, 4) is 66.8 Å². The van der Waals surface area contributed by atoms with Gasteiger partial charge in [-0.1, -0.05) is 220 Å². The van der Waals surface area contributed by atoms with Crippen molar-refractivity contribution < 1.29 is 26.3 Å². The Morgan fingerprint density at radius 3 is 0.975 bits per heavy atom. The van der Waals surface area contributed by atoms with Gasteiger partial charge in [-0.2, -0.15) is 35.1 Å². The van der Waals surface area contributed by atoms with E-state index in [2.05, 4.69) is 126 Å². The Morgan fingerprint density at radius 2 is 0.642 bits per heavy atom. The lowest BCUT2D eigenvalue weighted by Gasteiger charge is -2.33. The Hall–Kier alpha value is -6.06. The first kappa shape index (κ1) is 58.1. The van der Waals surface area contributed by atoms with Crippen LogP contribution in [0.1, 0.15) is 201 Å². The molecule has 7 aromatic carbocycles. The molecule has 0 radical (unpaired) electrons. The van der Waals surface area contributed by atoms with E-state index in [4.69, 9.17) is 8.75 Å². The molecule has 9 heteroatoms. The maximum absolute atomic E-state index is 14.3. The second kappa shape index (κ2) is 24.4. The molecule has 0 unspecified atom stereocenters. The summed E-state index contributed by atoms with van der Waals surface area (Å²) in [4.78, 5) is 0. The molecule has 0 atom stereocenters. The number of aromatic nitrogens is 2. The second-order valence-corrected chi connectivity index (χ2v) is 24.3. The predicted molar refractivity (Wildman–Crippen MR) is 326 cm³/mol. The number of hydrogen-bond acceptors (Lipinski definition) is 3. The summed E-state index contributed by atoms with van der Waals surface area (Å²) in [6, 6.07) is 39.8. The van der Waals surface area contributed by atoms with Gasteiger partial charge in [0, 0.05) is 22.0 Å². The smallest absolute Gasteiger partial charge is 0.172 e. The molecule has 0 saturated carbocycles. The Balaban J connectivity index is 1.08. The Labute approximate surface area is 481 Å². The molecule has 0 spiro atoms. The number of fused-ring (bicyclic) bond motifs is 7. The number of alkyl halides is 6. The van der Waals surface area contributed by atoms with E-state index in [0.717, 1.165) is 158 Å². The molecule has 0 N–H and O–H groups in total. The van der Waals surface area contributed by atoms with Crippen LogP contribution in [-0.4, -0.2) is 8.75 Å². The molecule has 2 nitrogen and oxygen atoms in total. The van der Waals surface area contributed by atoms with E-state index in [0.29, 0.717) is 5.56 Å². The van der Waals surface area contributed by atoms with E-state index in [-0.39, 0.29) is 17.0 Å². The Kier molecular flexibility index (Phi) is 17.5. The van der Waals surface area contributed by atoms with Crippen molar-refractivity contribution in [3.63, 3.8) is 0 Å². The average molecular weight is 1120 g/mol. The van der Waals surface area contributed by atoms with E-state index in [1.165, 1.54) is 94.8 Å². The molecule has 10 rings (SSSR count). The third-order valence-corrected chi connectivity index (χ3v) is 18.6. The van der Waals surface area contributed by atoms with Gasteiger partial charge >= 0.3 is 12.4 Å². The molecule has 0 aliphatic heterocycles. The number of aryl methyl sites for hydroxylation is 2. The molecule has 1 heterocycles. The normalized spacial score (nSPS) is 14.1. The number of hydrogen-bond donors (Lipinski definition) is 0. The van der Waals surface area contributed by atoms with E-state index < -0.39 is 28.9 Å². The number of unbranched alkanes of at least 4 members (excludes halogenated alkanes) is 12. The van der Waals surface area contributed by atoms with Gasteiger partial charge in [0.1, 0.15) is 11.0 Å². The zero-order valence-electron chi connectivity index (χ0n) is 48.3. The second-order valence-electron chi connectivity index (χ2n) is 23.7. The minimum absolute atomic E-state index is 0.0964. The summed E-state index contributed by atoms with van der Waals surface area (Å²) in [5.41, 5.74) is 17.7. The van der Waals surface area contributed by atoms with Gasteiger partial charge in [0.15, 0.2) is 0 Å². The molecule has 0 amide bonds. The highest BCUT2D eigenvalue weighted by atomic mass is 32.1. The highest BCUT2D eigenvalue weighted by Crippen LogP contribution is 2.58. The number of nitrogens with zero attached hydrogens (tertiary/aromatic N) is 2. The molecule has 2 aliphatic carbocycles. The van der Waals surface area contributed by atoms with Crippen molar-refractivity contribution in [2.45, 2.75) is 193 Å². The van der Waals surface area contributed by atoms with Crippen LogP contribution in [0, 0.1) is 13.8 Å². The number of halogens is 6. The van der Waals surface area contributed by atoms with Crippen molar-refractivity contribution in [1.82, 2.24) is 8.75 Å². The predicted octanol–water partition coefficient (Wildman–Crippen LogP) is 23.4. The lowest BCUT2D eigenvalue weighted by molar-refractivity contribution is -0.143. The molecule has 8 aromatic rings. The molecular weight excluding hydrogens is 1040 g/mol. The lowest BCUT2D eigenvalue weighted by Crippen LogP contribution is -2.25. The highest BCUT2D eigenvalue weighted by Gasteiger charge is 2.45. The van der Waals surface area contributed by atoms with Crippen molar-refractivity contribution in [3.05, 3.63) is 166 Å². The summed E-state index contributed by atoms with van der Waals surface area (Å²) in [6.07, 6.45) is 11.7.